The summed E-state index contributed by atoms with van der Waals surface area (Å²) in [5.41, 5.74) is 8.82. The number of rotatable bonds is 13. The molecular formula is C41H50N6O6. The summed E-state index contributed by atoms with van der Waals surface area (Å²) in [6.07, 6.45) is 2.05. The number of benzene rings is 4. The van der Waals surface area contributed by atoms with Crippen LogP contribution in [0.15, 0.2) is 84.9 Å². The van der Waals surface area contributed by atoms with Crippen molar-refractivity contribution in [3.63, 3.8) is 0 Å². The number of hydrogen-bond acceptors (Lipinski definition) is 7. The molecule has 0 spiro atoms. The van der Waals surface area contributed by atoms with E-state index in [4.69, 9.17) is 10.5 Å². The first-order valence-corrected chi connectivity index (χ1v) is 18.2. The molecule has 0 saturated carbocycles. The molecule has 6 N–H and O–H groups in total. The molecule has 0 saturated heterocycles. The second-order valence-corrected chi connectivity index (χ2v) is 13.8. The van der Waals surface area contributed by atoms with Gasteiger partial charge >= 0.3 is 6.03 Å². The molecule has 4 aromatic rings. The molecular weight excluding hydrogens is 672 g/mol. The van der Waals surface area contributed by atoms with Gasteiger partial charge in [-0.25, -0.2) is 4.79 Å². The van der Waals surface area contributed by atoms with Gasteiger partial charge in [-0.05, 0) is 61.5 Å². The van der Waals surface area contributed by atoms with Crippen molar-refractivity contribution in [3.05, 3.63) is 90.5 Å². The van der Waals surface area contributed by atoms with Gasteiger partial charge in [0, 0.05) is 49.0 Å². The number of urea groups is 1. The van der Waals surface area contributed by atoms with E-state index < -0.39 is 12.1 Å². The van der Waals surface area contributed by atoms with E-state index in [-0.39, 0.29) is 55.7 Å². The lowest BCUT2D eigenvalue weighted by molar-refractivity contribution is -0.134. The van der Waals surface area contributed by atoms with E-state index >= 15 is 0 Å². The number of nitrogens with one attached hydrogen (secondary N) is 3. The number of fused-ring (bicyclic) bond motifs is 2. The number of nitrogens with zero attached hydrogens (tertiary/aromatic N) is 2. The fourth-order valence-electron chi connectivity index (χ4n) is 6.42. The zero-order valence-electron chi connectivity index (χ0n) is 30.6. The molecule has 12 heteroatoms. The van der Waals surface area contributed by atoms with Crippen molar-refractivity contribution in [2.24, 2.45) is 5.92 Å². The highest BCUT2D eigenvalue weighted by atomic mass is 16.5. The zero-order chi connectivity index (χ0) is 37.9. The number of aliphatic hydroxyl groups excluding tert-OH is 1. The number of unbranched alkanes of at least 4 members (excludes halogenated alkanes) is 2. The molecule has 0 fully saturated rings. The van der Waals surface area contributed by atoms with Gasteiger partial charge in [0.05, 0.1) is 42.7 Å². The summed E-state index contributed by atoms with van der Waals surface area (Å²) in [7, 11) is 1.71. The molecule has 53 heavy (non-hydrogen) atoms. The van der Waals surface area contributed by atoms with Gasteiger partial charge < -0.3 is 41.3 Å². The number of nitrogen functional groups attached to an aromatic ring is 1. The number of ether oxygens (including phenoxy) is 1. The summed E-state index contributed by atoms with van der Waals surface area (Å²) in [6, 6.07) is 25.2. The Kier molecular flexibility index (Phi) is 13.3. The van der Waals surface area contributed by atoms with Crippen LogP contribution in [0.5, 0.6) is 5.75 Å². The largest absolute Gasteiger partial charge is 0.488 e. The van der Waals surface area contributed by atoms with E-state index in [1.807, 2.05) is 55.5 Å². The highest BCUT2D eigenvalue weighted by molar-refractivity contribution is 6.01. The molecule has 0 bridgehead atoms. The Morgan fingerprint density at radius 3 is 2.34 bits per heavy atom. The molecule has 0 unspecified atom stereocenters. The van der Waals surface area contributed by atoms with Crippen molar-refractivity contribution >= 4 is 57.3 Å². The maximum absolute atomic E-state index is 13.6. The minimum Gasteiger partial charge on any atom is -0.488 e. The van der Waals surface area contributed by atoms with E-state index in [1.165, 1.54) is 0 Å². The summed E-state index contributed by atoms with van der Waals surface area (Å²) in [5.74, 6) is -0.185. The molecule has 12 nitrogen and oxygen atoms in total. The molecule has 1 aliphatic heterocycles. The normalized spacial score (nSPS) is 16.3. The summed E-state index contributed by atoms with van der Waals surface area (Å²) < 4.78 is 6.58. The molecule has 1 heterocycles. The first-order chi connectivity index (χ1) is 25.5. The first-order valence-electron chi connectivity index (χ1n) is 18.2. The SMILES string of the molecule is C[C@H]1CN([C@@H](C)CO)C(=O)Cc2cc(NC(=O)CCCCCC(=O)Nc3ccccc3N)ccc2O[C@H]1CN(C)C(=O)Nc1cccc2ccccc12. The molecule has 0 radical (unpaired) electrons. The minimum absolute atomic E-state index is 0.0108. The summed E-state index contributed by atoms with van der Waals surface area (Å²) in [5, 5.41) is 20.7. The lowest BCUT2D eigenvalue weighted by Gasteiger charge is -2.34. The van der Waals surface area contributed by atoms with Crippen LogP contribution in [0.1, 0.15) is 51.5 Å². The number of carbonyl (C=O) groups is 4. The Morgan fingerprint density at radius 2 is 1.58 bits per heavy atom. The second kappa shape index (κ2) is 18.2. The topological polar surface area (TPSA) is 166 Å². The molecule has 1 aliphatic rings. The molecule has 0 aliphatic carbocycles. The Labute approximate surface area is 310 Å². The van der Waals surface area contributed by atoms with Crippen LogP contribution in [0.3, 0.4) is 0 Å². The highest BCUT2D eigenvalue weighted by Crippen LogP contribution is 2.30. The van der Waals surface area contributed by atoms with Crippen molar-refractivity contribution < 1.29 is 29.0 Å². The number of para-hydroxylation sites is 2. The maximum Gasteiger partial charge on any atom is 0.321 e. The summed E-state index contributed by atoms with van der Waals surface area (Å²) in [6.45, 7) is 4.12. The van der Waals surface area contributed by atoms with E-state index in [0.29, 0.717) is 66.3 Å². The predicted octanol–water partition coefficient (Wildman–Crippen LogP) is 6.26. The number of amides is 5. The molecule has 4 aromatic carbocycles. The third-order valence-corrected chi connectivity index (χ3v) is 9.57. The number of likely N-dealkylation sites (N-methyl/N-ethyl adjacent to an activating group) is 1. The third kappa shape index (κ3) is 10.5. The fourth-order valence-corrected chi connectivity index (χ4v) is 6.42. The van der Waals surface area contributed by atoms with Crippen LogP contribution >= 0.6 is 0 Å². The molecule has 5 amide bonds. The van der Waals surface area contributed by atoms with Crippen LogP contribution in [0.25, 0.3) is 10.8 Å². The number of hydrogen-bond donors (Lipinski definition) is 5. The van der Waals surface area contributed by atoms with Crippen LogP contribution in [-0.4, -0.2) is 77.5 Å². The van der Waals surface area contributed by atoms with Crippen molar-refractivity contribution in [3.8, 4) is 5.75 Å². The van der Waals surface area contributed by atoms with Crippen LogP contribution in [0, 0.1) is 5.92 Å². The molecule has 5 rings (SSSR count). The number of nitrogens with two attached hydrogens (primary N) is 1. The monoisotopic (exact) mass is 722 g/mol. The van der Waals surface area contributed by atoms with Crippen molar-refractivity contribution in [1.29, 1.82) is 0 Å². The van der Waals surface area contributed by atoms with Gasteiger partial charge in [0.25, 0.3) is 0 Å². The van der Waals surface area contributed by atoms with E-state index in [1.54, 1.807) is 60.2 Å². The highest BCUT2D eigenvalue weighted by Gasteiger charge is 2.32. The van der Waals surface area contributed by atoms with Crippen molar-refractivity contribution in [1.82, 2.24) is 9.80 Å². The maximum atomic E-state index is 13.6. The minimum atomic E-state index is -0.496. The summed E-state index contributed by atoms with van der Waals surface area (Å²) in [4.78, 5) is 55.5. The Hall–Kier alpha value is -5.62. The van der Waals surface area contributed by atoms with Gasteiger partial charge in [0.2, 0.25) is 17.7 Å². The van der Waals surface area contributed by atoms with Gasteiger partial charge in [-0.1, -0.05) is 61.9 Å². The van der Waals surface area contributed by atoms with Crippen LogP contribution < -0.4 is 26.4 Å². The van der Waals surface area contributed by atoms with Gasteiger partial charge in [-0.3, -0.25) is 14.4 Å². The smallest absolute Gasteiger partial charge is 0.321 e. The van der Waals surface area contributed by atoms with Gasteiger partial charge in [-0.15, -0.1) is 0 Å². The lowest BCUT2D eigenvalue weighted by atomic mass is 10.0. The van der Waals surface area contributed by atoms with E-state index in [2.05, 4.69) is 16.0 Å². The van der Waals surface area contributed by atoms with Gasteiger partial charge in [-0.2, -0.15) is 0 Å². The lowest BCUT2D eigenvalue weighted by Crippen LogP contribution is -2.48. The average molecular weight is 723 g/mol. The molecule has 0 aromatic heterocycles. The Bertz CT molecular complexity index is 1910. The van der Waals surface area contributed by atoms with Crippen LogP contribution in [0.4, 0.5) is 27.5 Å². The van der Waals surface area contributed by atoms with Gasteiger partial charge in [0.1, 0.15) is 11.9 Å². The molecule has 280 valence electrons. The first kappa shape index (κ1) is 38.6. The average Bonchev–Trinajstić information content (AvgIpc) is 3.19. The van der Waals surface area contributed by atoms with E-state index in [9.17, 15) is 24.3 Å². The fraction of sp³-hybridized carbons (Fsp3) is 0.366. The van der Waals surface area contributed by atoms with Gasteiger partial charge in [0.15, 0.2) is 0 Å². The zero-order valence-corrected chi connectivity index (χ0v) is 30.6. The predicted molar refractivity (Wildman–Crippen MR) is 209 cm³/mol. The number of anilines is 4. The van der Waals surface area contributed by atoms with Crippen LogP contribution in [-0.2, 0) is 20.8 Å². The Morgan fingerprint density at radius 1 is 0.906 bits per heavy atom. The van der Waals surface area contributed by atoms with E-state index in [0.717, 1.165) is 10.8 Å². The Balaban J connectivity index is 1.21. The standard InChI is InChI=1S/C41H50N6O6/c1-27-24-47(28(2)26-48)40(51)23-30-22-31(43-38(49)18-5-4-6-19-39(50)44-35-16-10-9-15-33(35)42)20-21-36(30)53-37(27)25-46(3)41(52)45-34-17-11-13-29-12-7-8-14-32(29)34/h7-17,20-22,27-28,37,48H,4-6,18-19,23-26,42H2,1-3H3,(H,43,49)(H,44,50)(H,45,52)/t27-,28-,37-/m0/s1. The number of carbonyl (C=O) groups excluding carboxylic acids is 4. The second-order valence-electron chi connectivity index (χ2n) is 13.8. The third-order valence-electron chi connectivity index (χ3n) is 9.57. The van der Waals surface area contributed by atoms with Crippen molar-refractivity contribution in [2.45, 2.75) is 64.5 Å². The number of aliphatic hydroxyl groups is 1. The van der Waals surface area contributed by atoms with Crippen molar-refractivity contribution in [2.75, 3.05) is 48.4 Å². The van der Waals surface area contributed by atoms with Crippen LogP contribution in [0.2, 0.25) is 0 Å². The molecule has 3 atom stereocenters. The quantitative estimate of drug-likeness (QED) is 0.0802. The summed E-state index contributed by atoms with van der Waals surface area (Å²) >= 11 is 0.